The van der Waals surface area contributed by atoms with Crippen molar-refractivity contribution in [3.8, 4) is 0 Å². The van der Waals surface area contributed by atoms with E-state index in [0.29, 0.717) is 6.54 Å². The second-order valence-electron chi connectivity index (χ2n) is 4.21. The number of piperazine rings is 1. The maximum absolute atomic E-state index is 12.4. The van der Waals surface area contributed by atoms with Gasteiger partial charge in [-0.25, -0.2) is 4.98 Å². The first-order valence-corrected chi connectivity index (χ1v) is 5.95. The van der Waals surface area contributed by atoms with Gasteiger partial charge in [0.05, 0.1) is 12.0 Å². The predicted octanol–water partition coefficient (Wildman–Crippen LogP) is 1.09. The van der Waals surface area contributed by atoms with Gasteiger partial charge in [-0.05, 0) is 12.1 Å². The third-order valence-electron chi connectivity index (χ3n) is 3.08. The number of carbonyl (C=O) groups excluding carboxylic acids is 1. The molecule has 2 N–H and O–H groups in total. The van der Waals surface area contributed by atoms with Crippen LogP contribution in [-0.4, -0.2) is 29.0 Å². The molecule has 5 nitrogen and oxygen atoms in total. The number of rotatable bonds is 2. The van der Waals surface area contributed by atoms with Crippen molar-refractivity contribution in [2.45, 2.75) is 6.04 Å². The number of imidazole rings is 1. The molecule has 2 aromatic rings. The van der Waals surface area contributed by atoms with Gasteiger partial charge in [0.1, 0.15) is 6.04 Å². The molecule has 1 aliphatic rings. The molecule has 0 radical (unpaired) electrons. The Morgan fingerprint density at radius 1 is 1.28 bits per heavy atom. The second kappa shape index (κ2) is 4.62. The van der Waals surface area contributed by atoms with Crippen LogP contribution in [0.4, 0.5) is 5.69 Å². The van der Waals surface area contributed by atoms with E-state index in [9.17, 15) is 4.79 Å². The molecule has 18 heavy (non-hydrogen) atoms. The van der Waals surface area contributed by atoms with Gasteiger partial charge < -0.3 is 9.88 Å². The van der Waals surface area contributed by atoms with E-state index in [2.05, 4.69) is 15.3 Å². The van der Waals surface area contributed by atoms with Crippen LogP contribution in [0.1, 0.15) is 11.7 Å². The van der Waals surface area contributed by atoms with E-state index in [1.165, 1.54) is 0 Å². The Bertz CT molecular complexity index is 523. The fourth-order valence-corrected chi connectivity index (χ4v) is 2.20. The van der Waals surface area contributed by atoms with E-state index in [1.807, 2.05) is 30.3 Å². The Balaban J connectivity index is 1.88. The van der Waals surface area contributed by atoms with Crippen molar-refractivity contribution in [2.75, 3.05) is 18.0 Å². The van der Waals surface area contributed by atoms with Gasteiger partial charge in [-0.15, -0.1) is 0 Å². The molecule has 5 heteroatoms. The van der Waals surface area contributed by atoms with Crippen molar-refractivity contribution >= 4 is 11.6 Å². The number of para-hydroxylation sites is 1. The minimum Gasteiger partial charge on any atom is -0.351 e. The molecule has 0 spiro atoms. The summed E-state index contributed by atoms with van der Waals surface area (Å²) in [6.07, 6.45) is 3.34. The highest BCUT2D eigenvalue weighted by atomic mass is 16.2. The molecule has 0 aliphatic carbocycles. The summed E-state index contributed by atoms with van der Waals surface area (Å²) in [5, 5.41) is 3.20. The summed E-state index contributed by atoms with van der Waals surface area (Å²) in [6.45, 7) is 1.45. The first kappa shape index (κ1) is 11.0. The van der Waals surface area contributed by atoms with Crippen molar-refractivity contribution in [1.82, 2.24) is 15.3 Å². The summed E-state index contributed by atoms with van der Waals surface area (Å²) < 4.78 is 0. The number of aromatic amines is 1. The van der Waals surface area contributed by atoms with E-state index in [0.717, 1.165) is 17.9 Å². The average Bonchev–Trinajstić information content (AvgIpc) is 2.94. The van der Waals surface area contributed by atoms with Crippen LogP contribution in [0.2, 0.25) is 0 Å². The lowest BCUT2D eigenvalue weighted by atomic mass is 10.1. The molecule has 3 rings (SSSR count). The summed E-state index contributed by atoms with van der Waals surface area (Å²) in [6, 6.07) is 9.37. The van der Waals surface area contributed by atoms with Crippen LogP contribution in [0.15, 0.2) is 42.9 Å². The molecule has 1 fully saturated rings. The van der Waals surface area contributed by atoms with Gasteiger partial charge in [0.25, 0.3) is 0 Å². The number of H-pyrrole nitrogens is 1. The zero-order valence-electron chi connectivity index (χ0n) is 9.84. The molecule has 1 aliphatic heterocycles. The molecule has 1 amide bonds. The number of anilines is 1. The van der Waals surface area contributed by atoms with Gasteiger partial charge in [-0.1, -0.05) is 18.2 Å². The van der Waals surface area contributed by atoms with Crippen LogP contribution < -0.4 is 10.2 Å². The SMILES string of the molecule is O=C1C(c2c[nH]cn2)NCCN1c1ccccc1. The van der Waals surface area contributed by atoms with Crippen molar-refractivity contribution < 1.29 is 4.79 Å². The van der Waals surface area contributed by atoms with Gasteiger partial charge in [-0.3, -0.25) is 10.1 Å². The van der Waals surface area contributed by atoms with Gasteiger partial charge in [0, 0.05) is 25.0 Å². The minimum atomic E-state index is -0.356. The van der Waals surface area contributed by atoms with Crippen LogP contribution in [-0.2, 0) is 4.79 Å². The van der Waals surface area contributed by atoms with Crippen molar-refractivity contribution in [3.05, 3.63) is 48.5 Å². The fraction of sp³-hybridized carbons (Fsp3) is 0.231. The normalized spacial score (nSPS) is 20.1. The van der Waals surface area contributed by atoms with E-state index >= 15 is 0 Å². The van der Waals surface area contributed by atoms with Crippen LogP contribution in [0.25, 0.3) is 0 Å². The van der Waals surface area contributed by atoms with Crippen LogP contribution in [0.5, 0.6) is 0 Å². The summed E-state index contributed by atoms with van der Waals surface area (Å²) in [5.74, 6) is 0.0413. The maximum atomic E-state index is 12.4. The second-order valence-corrected chi connectivity index (χ2v) is 4.21. The number of benzene rings is 1. The van der Waals surface area contributed by atoms with Gasteiger partial charge in [-0.2, -0.15) is 0 Å². The molecular weight excluding hydrogens is 228 g/mol. The Morgan fingerprint density at radius 2 is 2.11 bits per heavy atom. The Labute approximate surface area is 105 Å². The highest BCUT2D eigenvalue weighted by Crippen LogP contribution is 2.22. The molecule has 1 aromatic heterocycles. The molecule has 0 bridgehead atoms. The standard InChI is InChI=1S/C13H14N4O/c18-13-12(11-8-14-9-16-11)15-6-7-17(13)10-4-2-1-3-5-10/h1-5,8-9,12,15H,6-7H2,(H,14,16). The summed E-state index contributed by atoms with van der Waals surface area (Å²) >= 11 is 0. The zero-order chi connectivity index (χ0) is 12.4. The lowest BCUT2D eigenvalue weighted by Crippen LogP contribution is -2.50. The predicted molar refractivity (Wildman–Crippen MR) is 68.1 cm³/mol. The third kappa shape index (κ3) is 1.89. The van der Waals surface area contributed by atoms with E-state index in [1.54, 1.807) is 17.4 Å². The molecule has 92 valence electrons. The Hall–Kier alpha value is -2.14. The number of nitrogens with zero attached hydrogens (tertiary/aromatic N) is 2. The summed E-state index contributed by atoms with van der Waals surface area (Å²) in [4.78, 5) is 21.3. The monoisotopic (exact) mass is 242 g/mol. The van der Waals surface area contributed by atoms with Crippen molar-refractivity contribution in [3.63, 3.8) is 0 Å². The van der Waals surface area contributed by atoms with Crippen molar-refractivity contribution in [2.24, 2.45) is 0 Å². The van der Waals surface area contributed by atoms with E-state index in [4.69, 9.17) is 0 Å². The zero-order valence-corrected chi connectivity index (χ0v) is 9.84. The molecule has 1 aromatic carbocycles. The topological polar surface area (TPSA) is 61.0 Å². The molecular formula is C13H14N4O. The van der Waals surface area contributed by atoms with E-state index in [-0.39, 0.29) is 11.9 Å². The molecule has 1 unspecified atom stereocenters. The van der Waals surface area contributed by atoms with Crippen LogP contribution >= 0.6 is 0 Å². The summed E-state index contributed by atoms with van der Waals surface area (Å²) in [7, 11) is 0. The number of amides is 1. The van der Waals surface area contributed by atoms with Crippen LogP contribution in [0.3, 0.4) is 0 Å². The third-order valence-corrected chi connectivity index (χ3v) is 3.08. The number of hydrogen-bond donors (Lipinski definition) is 2. The molecule has 0 saturated carbocycles. The highest BCUT2D eigenvalue weighted by Gasteiger charge is 2.31. The van der Waals surface area contributed by atoms with Crippen LogP contribution in [0, 0.1) is 0 Å². The maximum Gasteiger partial charge on any atom is 0.250 e. The number of carbonyl (C=O) groups is 1. The van der Waals surface area contributed by atoms with Gasteiger partial charge in [0.2, 0.25) is 5.91 Å². The number of aromatic nitrogens is 2. The number of hydrogen-bond acceptors (Lipinski definition) is 3. The Kier molecular flexibility index (Phi) is 2.82. The molecule has 1 atom stereocenters. The summed E-state index contributed by atoms with van der Waals surface area (Å²) in [5.41, 5.74) is 1.67. The highest BCUT2D eigenvalue weighted by molar-refractivity contribution is 5.98. The van der Waals surface area contributed by atoms with Crippen molar-refractivity contribution in [1.29, 1.82) is 0 Å². The fourth-order valence-electron chi connectivity index (χ4n) is 2.20. The molecule has 1 saturated heterocycles. The quantitative estimate of drug-likeness (QED) is 0.828. The minimum absolute atomic E-state index is 0.0413. The Morgan fingerprint density at radius 3 is 2.83 bits per heavy atom. The smallest absolute Gasteiger partial charge is 0.250 e. The van der Waals surface area contributed by atoms with Gasteiger partial charge in [0.15, 0.2) is 0 Å². The molecule has 2 heterocycles. The first-order chi connectivity index (χ1) is 8.86. The first-order valence-electron chi connectivity index (χ1n) is 5.95. The van der Waals surface area contributed by atoms with Gasteiger partial charge >= 0.3 is 0 Å². The average molecular weight is 242 g/mol. The lowest BCUT2D eigenvalue weighted by molar-refractivity contribution is -0.121. The largest absolute Gasteiger partial charge is 0.351 e. The lowest BCUT2D eigenvalue weighted by Gasteiger charge is -2.32. The number of nitrogens with one attached hydrogen (secondary N) is 2. The van der Waals surface area contributed by atoms with E-state index < -0.39 is 0 Å².